The van der Waals surface area contributed by atoms with E-state index in [2.05, 4.69) is 20.4 Å². The Balaban J connectivity index is 1.49. The molecule has 3 aliphatic rings. The van der Waals surface area contributed by atoms with Crippen molar-refractivity contribution in [3.63, 3.8) is 0 Å². The number of nitrogens with zero attached hydrogens (tertiary/aromatic N) is 2. The number of amides is 4. The van der Waals surface area contributed by atoms with E-state index in [0.717, 1.165) is 81.1 Å². The van der Waals surface area contributed by atoms with Crippen LogP contribution in [-0.4, -0.2) is 58.7 Å². The van der Waals surface area contributed by atoms with Crippen molar-refractivity contribution in [3.8, 4) is 0 Å². The van der Waals surface area contributed by atoms with Gasteiger partial charge in [0.1, 0.15) is 17.8 Å². The van der Waals surface area contributed by atoms with Gasteiger partial charge in [-0.3, -0.25) is 14.4 Å². The van der Waals surface area contributed by atoms with Gasteiger partial charge in [0.25, 0.3) is 11.7 Å². The molecular weight excluding hydrogens is 484 g/mol. The average Bonchev–Trinajstić information content (AvgIpc) is 3.46. The summed E-state index contributed by atoms with van der Waals surface area (Å²) in [5.41, 5.74) is -0.131. The van der Waals surface area contributed by atoms with Crippen molar-refractivity contribution < 1.29 is 28.7 Å². The zero-order chi connectivity index (χ0) is 25.7. The van der Waals surface area contributed by atoms with Crippen molar-refractivity contribution in [2.45, 2.75) is 89.1 Å². The van der Waals surface area contributed by atoms with Gasteiger partial charge in [0.05, 0.1) is 7.11 Å². The van der Waals surface area contributed by atoms with Crippen LogP contribution >= 0.6 is 11.3 Å². The number of Topliss-reactive ketones (excluding diaryl/α,β-unsaturated/α-hetero) is 1. The minimum absolute atomic E-state index is 0.117. The lowest BCUT2D eigenvalue weighted by atomic mass is 9.83. The van der Waals surface area contributed by atoms with E-state index in [-0.39, 0.29) is 22.7 Å². The van der Waals surface area contributed by atoms with Gasteiger partial charge in [0, 0.05) is 5.38 Å². The average molecular weight is 519 g/mol. The van der Waals surface area contributed by atoms with Crippen LogP contribution in [0.15, 0.2) is 5.38 Å². The Bertz CT molecular complexity index is 998. The predicted octanol–water partition coefficient (Wildman–Crippen LogP) is 3.67. The number of thiazole rings is 1. The fourth-order valence-corrected chi connectivity index (χ4v) is 6.34. The number of esters is 1. The summed E-state index contributed by atoms with van der Waals surface area (Å²) in [5.74, 6) is -2.18. The number of anilines is 1. The number of ketones is 1. The van der Waals surface area contributed by atoms with Crippen molar-refractivity contribution in [2.75, 3.05) is 12.4 Å². The van der Waals surface area contributed by atoms with E-state index in [4.69, 9.17) is 0 Å². The summed E-state index contributed by atoms with van der Waals surface area (Å²) in [4.78, 5) is 68.5. The molecule has 1 aliphatic heterocycles. The SMILES string of the molecule is COC(=O)C(=O)c1csc(NC(=O)[C@H](CC2CCCCC2)N2C(=O)N[C@@H](CC3CCCCC3)C2=O)n1. The molecule has 11 heteroatoms. The van der Waals surface area contributed by atoms with Crippen LogP contribution in [0.2, 0.25) is 0 Å². The third-order valence-corrected chi connectivity index (χ3v) is 8.34. The Labute approximate surface area is 214 Å². The van der Waals surface area contributed by atoms with Crippen molar-refractivity contribution >= 4 is 46.1 Å². The van der Waals surface area contributed by atoms with Crippen LogP contribution in [0.3, 0.4) is 0 Å². The van der Waals surface area contributed by atoms with E-state index < -0.39 is 35.8 Å². The number of aromatic nitrogens is 1. The number of nitrogens with one attached hydrogen (secondary N) is 2. The Hall–Kier alpha value is -2.82. The number of methoxy groups -OCH3 is 1. The van der Waals surface area contributed by atoms with Crippen molar-refractivity contribution in [1.82, 2.24) is 15.2 Å². The fourth-order valence-electron chi connectivity index (χ4n) is 5.65. The van der Waals surface area contributed by atoms with Crippen LogP contribution in [0, 0.1) is 11.8 Å². The molecule has 1 aromatic heterocycles. The first-order chi connectivity index (χ1) is 17.4. The number of urea groups is 1. The molecule has 1 saturated heterocycles. The van der Waals surface area contributed by atoms with Crippen LogP contribution in [0.1, 0.15) is 87.5 Å². The Kier molecular flexibility index (Phi) is 8.71. The molecule has 4 rings (SSSR count). The summed E-state index contributed by atoms with van der Waals surface area (Å²) in [6, 6.07) is -2.11. The van der Waals surface area contributed by atoms with Gasteiger partial charge in [0.15, 0.2) is 5.13 Å². The fraction of sp³-hybridized carbons (Fsp3) is 0.680. The van der Waals surface area contributed by atoms with Crippen LogP contribution in [0.25, 0.3) is 0 Å². The maximum atomic E-state index is 13.4. The van der Waals surface area contributed by atoms with Gasteiger partial charge in [0.2, 0.25) is 5.91 Å². The first-order valence-electron chi connectivity index (χ1n) is 12.9. The monoisotopic (exact) mass is 518 g/mol. The van der Waals surface area contributed by atoms with E-state index in [1.165, 1.54) is 11.8 Å². The summed E-state index contributed by atoms with van der Waals surface area (Å²) in [5, 5.41) is 6.97. The van der Waals surface area contributed by atoms with Crippen LogP contribution < -0.4 is 10.6 Å². The first-order valence-corrected chi connectivity index (χ1v) is 13.8. The summed E-state index contributed by atoms with van der Waals surface area (Å²) < 4.78 is 4.44. The van der Waals surface area contributed by atoms with E-state index in [0.29, 0.717) is 18.8 Å². The highest BCUT2D eigenvalue weighted by Gasteiger charge is 2.46. The van der Waals surface area contributed by atoms with Crippen LogP contribution in [-0.2, 0) is 19.1 Å². The Morgan fingerprint density at radius 3 is 2.36 bits per heavy atom. The zero-order valence-electron chi connectivity index (χ0n) is 20.6. The molecule has 2 saturated carbocycles. The quantitative estimate of drug-likeness (QED) is 0.220. The van der Waals surface area contributed by atoms with Gasteiger partial charge >= 0.3 is 12.0 Å². The van der Waals surface area contributed by atoms with Crippen molar-refractivity contribution in [1.29, 1.82) is 0 Å². The van der Waals surface area contributed by atoms with Crippen LogP contribution in [0.4, 0.5) is 9.93 Å². The maximum Gasteiger partial charge on any atom is 0.381 e. The number of hydrogen-bond acceptors (Lipinski definition) is 8. The predicted molar refractivity (Wildman–Crippen MR) is 132 cm³/mol. The molecule has 0 bridgehead atoms. The molecule has 2 aliphatic carbocycles. The zero-order valence-corrected chi connectivity index (χ0v) is 21.4. The molecule has 0 aromatic carbocycles. The number of rotatable bonds is 9. The molecule has 0 radical (unpaired) electrons. The molecule has 1 aromatic rings. The topological polar surface area (TPSA) is 135 Å². The molecule has 2 atom stereocenters. The van der Waals surface area contributed by atoms with Gasteiger partial charge < -0.3 is 15.4 Å². The van der Waals surface area contributed by atoms with Crippen molar-refractivity contribution in [2.24, 2.45) is 11.8 Å². The van der Waals surface area contributed by atoms with E-state index in [1.807, 2.05) is 0 Å². The first kappa shape index (κ1) is 26.2. The molecule has 4 amide bonds. The van der Waals surface area contributed by atoms with Gasteiger partial charge in [-0.05, 0) is 24.7 Å². The minimum atomic E-state index is -1.04. The second-order valence-electron chi connectivity index (χ2n) is 10.1. The van der Waals surface area contributed by atoms with Crippen molar-refractivity contribution in [3.05, 3.63) is 11.1 Å². The lowest BCUT2D eigenvalue weighted by molar-refractivity contribution is -0.135. The molecule has 3 fully saturated rings. The highest BCUT2D eigenvalue weighted by atomic mass is 32.1. The molecule has 2 N–H and O–H groups in total. The molecule has 36 heavy (non-hydrogen) atoms. The molecule has 0 spiro atoms. The summed E-state index contributed by atoms with van der Waals surface area (Å²) in [6.07, 6.45) is 11.8. The lowest BCUT2D eigenvalue weighted by Crippen LogP contribution is -2.49. The number of carbonyl (C=O) groups excluding carboxylic acids is 5. The maximum absolute atomic E-state index is 13.4. The van der Waals surface area contributed by atoms with Gasteiger partial charge in [-0.2, -0.15) is 0 Å². The highest BCUT2D eigenvalue weighted by Crippen LogP contribution is 2.32. The highest BCUT2D eigenvalue weighted by molar-refractivity contribution is 7.14. The van der Waals surface area contributed by atoms with Gasteiger partial charge in [-0.25, -0.2) is 19.5 Å². The summed E-state index contributed by atoms with van der Waals surface area (Å²) in [6.45, 7) is 0. The number of hydrogen-bond donors (Lipinski definition) is 2. The summed E-state index contributed by atoms with van der Waals surface area (Å²) >= 11 is 0.990. The second kappa shape index (κ2) is 11.9. The lowest BCUT2D eigenvalue weighted by Gasteiger charge is -2.30. The molecule has 10 nitrogen and oxygen atoms in total. The third-order valence-electron chi connectivity index (χ3n) is 7.58. The molecule has 196 valence electrons. The van der Waals surface area contributed by atoms with Crippen LogP contribution in [0.5, 0.6) is 0 Å². The summed E-state index contributed by atoms with van der Waals surface area (Å²) in [7, 11) is 1.10. The normalized spacial score (nSPS) is 22.2. The number of ether oxygens (including phenoxy) is 1. The van der Waals surface area contributed by atoms with Gasteiger partial charge in [-0.1, -0.05) is 64.2 Å². The molecule has 0 unspecified atom stereocenters. The Morgan fingerprint density at radius 2 is 1.72 bits per heavy atom. The second-order valence-corrected chi connectivity index (χ2v) is 10.9. The number of carbonyl (C=O) groups is 5. The number of imide groups is 1. The minimum Gasteiger partial charge on any atom is -0.463 e. The third kappa shape index (κ3) is 6.11. The smallest absolute Gasteiger partial charge is 0.381 e. The van der Waals surface area contributed by atoms with E-state index >= 15 is 0 Å². The van der Waals surface area contributed by atoms with Gasteiger partial charge in [-0.15, -0.1) is 11.3 Å². The van der Waals surface area contributed by atoms with E-state index in [9.17, 15) is 24.0 Å². The van der Waals surface area contributed by atoms with E-state index in [1.54, 1.807) is 0 Å². The Morgan fingerprint density at radius 1 is 1.08 bits per heavy atom. The molecule has 2 heterocycles. The standard InChI is InChI=1S/C25H34N4O6S/c1-35-23(33)20(30)18-14-36-24(26-18)28-21(31)19(13-16-10-6-3-7-11-16)29-22(32)17(27-25(29)34)12-15-8-4-2-5-9-15/h14-17,19H,2-13H2,1H3,(H,27,34)(H,26,28,31)/t17-,19-/m0/s1. The molecular formula is C25H34N4O6S. The largest absolute Gasteiger partial charge is 0.463 e.